The summed E-state index contributed by atoms with van der Waals surface area (Å²) in [5.41, 5.74) is 10.8. The summed E-state index contributed by atoms with van der Waals surface area (Å²) in [5.74, 6) is 0.642. The lowest BCUT2D eigenvalue weighted by Crippen LogP contribution is -2.44. The second-order valence-corrected chi connectivity index (χ2v) is 10.4. The standard InChI is InChI=1S/C29H33ClFN5O/c1-19(37-2)16-36(24-9-7-23(32)8-10-24)29-14-25(26(30)15-33-29)21-6-11-27-28(13-21)35(18-34-27)17-20-4-3-5-22(31)12-20/h3-6,11-15,18-19,23-24H,7-10,16-17,32H2,1-2H3/t19?,23-,24-. The van der Waals surface area contributed by atoms with Crippen LogP contribution in [0.5, 0.6) is 0 Å². The molecule has 0 amide bonds. The summed E-state index contributed by atoms with van der Waals surface area (Å²) >= 11 is 6.70. The van der Waals surface area contributed by atoms with Crippen molar-refractivity contribution in [3.63, 3.8) is 0 Å². The molecular weight excluding hydrogens is 489 g/mol. The summed E-state index contributed by atoms with van der Waals surface area (Å²) < 4.78 is 21.4. The van der Waals surface area contributed by atoms with E-state index in [4.69, 9.17) is 27.1 Å². The minimum Gasteiger partial charge on any atom is -0.380 e. The molecule has 1 saturated carbocycles. The van der Waals surface area contributed by atoms with Gasteiger partial charge in [0.05, 0.1) is 28.5 Å². The Morgan fingerprint density at radius 3 is 2.70 bits per heavy atom. The number of benzene rings is 2. The number of hydrogen-bond donors (Lipinski definition) is 1. The number of ether oxygens (including phenoxy) is 1. The first-order chi connectivity index (χ1) is 17.9. The van der Waals surface area contributed by atoms with Crippen LogP contribution in [0.2, 0.25) is 5.02 Å². The number of rotatable bonds is 8. The van der Waals surface area contributed by atoms with E-state index < -0.39 is 0 Å². The highest BCUT2D eigenvalue weighted by Gasteiger charge is 2.27. The maximum Gasteiger partial charge on any atom is 0.129 e. The summed E-state index contributed by atoms with van der Waals surface area (Å²) in [5, 5.41) is 0.588. The molecule has 0 aliphatic heterocycles. The minimum absolute atomic E-state index is 0.0602. The number of pyridine rings is 1. The topological polar surface area (TPSA) is 69.2 Å². The maximum absolute atomic E-state index is 13.7. The van der Waals surface area contributed by atoms with Gasteiger partial charge in [0.25, 0.3) is 0 Å². The van der Waals surface area contributed by atoms with Gasteiger partial charge in [-0.25, -0.2) is 14.4 Å². The second-order valence-electron chi connectivity index (χ2n) is 10.00. The Kier molecular flexibility index (Phi) is 7.74. The zero-order chi connectivity index (χ0) is 25.9. The quantitative estimate of drug-likeness (QED) is 0.305. The van der Waals surface area contributed by atoms with Gasteiger partial charge in [-0.2, -0.15) is 0 Å². The van der Waals surface area contributed by atoms with E-state index in [2.05, 4.69) is 28.9 Å². The number of anilines is 1. The first kappa shape index (κ1) is 25.6. The number of hydrogen-bond acceptors (Lipinski definition) is 5. The third-order valence-electron chi connectivity index (χ3n) is 7.35. The zero-order valence-electron chi connectivity index (χ0n) is 21.3. The first-order valence-corrected chi connectivity index (χ1v) is 13.2. The van der Waals surface area contributed by atoms with E-state index in [-0.39, 0.29) is 18.0 Å². The van der Waals surface area contributed by atoms with E-state index >= 15 is 0 Å². The third kappa shape index (κ3) is 5.79. The van der Waals surface area contributed by atoms with E-state index in [1.54, 1.807) is 31.8 Å². The number of nitrogens with zero attached hydrogens (tertiary/aromatic N) is 4. The van der Waals surface area contributed by atoms with Crippen LogP contribution in [-0.4, -0.2) is 46.4 Å². The second kappa shape index (κ2) is 11.2. The number of aromatic nitrogens is 3. The van der Waals surface area contributed by atoms with Gasteiger partial charge in [0.2, 0.25) is 0 Å². The van der Waals surface area contributed by atoms with Gasteiger partial charge in [-0.1, -0.05) is 29.8 Å². The Labute approximate surface area is 222 Å². The lowest BCUT2D eigenvalue weighted by atomic mass is 9.90. The molecule has 6 nitrogen and oxygen atoms in total. The molecule has 2 aromatic carbocycles. The van der Waals surface area contributed by atoms with E-state index in [1.807, 2.05) is 22.8 Å². The predicted molar refractivity (Wildman–Crippen MR) is 148 cm³/mol. The Bertz CT molecular complexity index is 1370. The summed E-state index contributed by atoms with van der Waals surface area (Å²) in [6.45, 7) is 3.34. The van der Waals surface area contributed by atoms with Crippen LogP contribution in [0, 0.1) is 5.82 Å². The Morgan fingerprint density at radius 2 is 1.95 bits per heavy atom. The Balaban J connectivity index is 1.49. The molecule has 8 heteroatoms. The van der Waals surface area contributed by atoms with Gasteiger partial charge in [0, 0.05) is 44.0 Å². The predicted octanol–water partition coefficient (Wildman–Crippen LogP) is 6.05. The van der Waals surface area contributed by atoms with E-state index in [9.17, 15) is 4.39 Å². The molecule has 1 aliphatic rings. The molecule has 1 atom stereocenters. The van der Waals surface area contributed by atoms with E-state index in [1.165, 1.54) is 6.07 Å². The number of halogens is 2. The van der Waals surface area contributed by atoms with Gasteiger partial charge in [0.15, 0.2) is 0 Å². The molecule has 0 radical (unpaired) electrons. The molecule has 2 heterocycles. The van der Waals surface area contributed by atoms with Crippen molar-refractivity contribution in [2.45, 2.75) is 57.3 Å². The van der Waals surface area contributed by atoms with Crippen molar-refractivity contribution in [2.24, 2.45) is 5.73 Å². The van der Waals surface area contributed by atoms with Crippen molar-refractivity contribution in [1.82, 2.24) is 14.5 Å². The van der Waals surface area contributed by atoms with Crippen molar-refractivity contribution in [2.75, 3.05) is 18.6 Å². The Hall–Kier alpha value is -3.00. The van der Waals surface area contributed by atoms with Gasteiger partial charge in [0.1, 0.15) is 11.6 Å². The molecule has 2 N–H and O–H groups in total. The van der Waals surface area contributed by atoms with E-state index in [0.29, 0.717) is 17.6 Å². The lowest BCUT2D eigenvalue weighted by molar-refractivity contribution is 0.119. The van der Waals surface area contributed by atoms with Gasteiger partial charge in [-0.15, -0.1) is 0 Å². The van der Waals surface area contributed by atoms with Crippen LogP contribution in [0.1, 0.15) is 38.2 Å². The average molecular weight is 522 g/mol. The summed E-state index contributed by atoms with van der Waals surface area (Å²) in [4.78, 5) is 11.6. The fourth-order valence-electron chi connectivity index (χ4n) is 5.18. The van der Waals surface area contributed by atoms with Crippen LogP contribution in [0.4, 0.5) is 10.2 Å². The first-order valence-electron chi connectivity index (χ1n) is 12.8. The molecule has 0 spiro atoms. The van der Waals surface area contributed by atoms with Crippen molar-refractivity contribution in [3.05, 3.63) is 77.5 Å². The largest absolute Gasteiger partial charge is 0.380 e. The molecule has 194 valence electrons. The number of methoxy groups -OCH3 is 1. The van der Waals surface area contributed by atoms with Crippen LogP contribution in [0.25, 0.3) is 22.2 Å². The average Bonchev–Trinajstić information content (AvgIpc) is 3.30. The molecule has 0 bridgehead atoms. The fraction of sp³-hybridized carbons (Fsp3) is 0.379. The highest BCUT2D eigenvalue weighted by molar-refractivity contribution is 6.33. The molecule has 0 saturated heterocycles. The number of fused-ring (bicyclic) bond motifs is 1. The van der Waals surface area contributed by atoms with Crippen molar-refractivity contribution in [3.8, 4) is 11.1 Å². The zero-order valence-corrected chi connectivity index (χ0v) is 22.0. The summed E-state index contributed by atoms with van der Waals surface area (Å²) in [7, 11) is 1.74. The number of nitrogens with two attached hydrogens (primary N) is 1. The summed E-state index contributed by atoms with van der Waals surface area (Å²) in [6.07, 6.45) is 7.67. The lowest BCUT2D eigenvalue weighted by Gasteiger charge is -2.38. The van der Waals surface area contributed by atoms with Crippen LogP contribution in [0.3, 0.4) is 0 Å². The van der Waals surface area contributed by atoms with Crippen molar-refractivity contribution in [1.29, 1.82) is 0 Å². The molecule has 37 heavy (non-hydrogen) atoms. The fourth-order valence-corrected chi connectivity index (χ4v) is 5.40. The molecule has 1 fully saturated rings. The van der Waals surface area contributed by atoms with Crippen LogP contribution in [-0.2, 0) is 11.3 Å². The maximum atomic E-state index is 13.7. The molecule has 4 aromatic rings. The molecule has 1 unspecified atom stereocenters. The van der Waals surface area contributed by atoms with Crippen LogP contribution < -0.4 is 10.6 Å². The third-order valence-corrected chi connectivity index (χ3v) is 7.65. The monoisotopic (exact) mass is 521 g/mol. The SMILES string of the molecule is COC(C)CN(c1cc(-c2ccc3ncn(Cc4cccc(F)c4)c3c2)c(Cl)cn1)[C@H]1CC[C@H](N)CC1. The summed E-state index contributed by atoms with van der Waals surface area (Å²) in [6, 6.07) is 15.5. The van der Waals surface area contributed by atoms with E-state index in [0.717, 1.165) is 65.8 Å². The highest BCUT2D eigenvalue weighted by Crippen LogP contribution is 2.34. The van der Waals surface area contributed by atoms with Gasteiger partial charge >= 0.3 is 0 Å². The normalized spacial score (nSPS) is 18.7. The van der Waals surface area contributed by atoms with Crippen molar-refractivity contribution >= 4 is 28.5 Å². The van der Waals surface area contributed by atoms with Gasteiger partial charge < -0.3 is 19.9 Å². The Morgan fingerprint density at radius 1 is 1.14 bits per heavy atom. The van der Waals surface area contributed by atoms with Crippen LogP contribution >= 0.6 is 11.6 Å². The molecule has 5 rings (SSSR count). The minimum atomic E-state index is -0.244. The molecular formula is C29H33ClFN5O. The van der Waals surface area contributed by atoms with Crippen LogP contribution in [0.15, 0.2) is 61.1 Å². The van der Waals surface area contributed by atoms with Crippen molar-refractivity contribution < 1.29 is 9.13 Å². The highest BCUT2D eigenvalue weighted by atomic mass is 35.5. The van der Waals surface area contributed by atoms with Gasteiger partial charge in [-0.05, 0) is 74.1 Å². The van der Waals surface area contributed by atoms with Gasteiger partial charge in [-0.3, -0.25) is 0 Å². The molecule has 2 aromatic heterocycles. The smallest absolute Gasteiger partial charge is 0.129 e. The number of imidazole rings is 1. The molecule has 1 aliphatic carbocycles.